The molecule has 2 saturated carbocycles. The SMILES string of the molecule is C[Si]1(C2[CH]([Ti+2][CH]3CC4C=CC=CC4C3[Si]3(C)CCC3)CC3C=CC=CC32)CCC1.[Cl-].[Cl-]. The average molecular weight is 526 g/mol. The summed E-state index contributed by atoms with van der Waals surface area (Å²) in [7, 11) is -1.96. The van der Waals surface area contributed by atoms with Gasteiger partial charge in [0.15, 0.2) is 0 Å². The van der Waals surface area contributed by atoms with Gasteiger partial charge in [-0.3, -0.25) is 0 Å². The Hall–Kier alpha value is 0.688. The Labute approximate surface area is 213 Å². The van der Waals surface area contributed by atoms with Gasteiger partial charge in [0.2, 0.25) is 0 Å². The first kappa shape index (κ1) is 24.8. The molecule has 0 N–H and O–H groups in total. The van der Waals surface area contributed by atoms with E-state index in [0.29, 0.717) is 0 Å². The zero-order valence-electron chi connectivity index (χ0n) is 19.2. The van der Waals surface area contributed by atoms with Gasteiger partial charge < -0.3 is 24.8 Å². The van der Waals surface area contributed by atoms with Crippen molar-refractivity contribution in [2.24, 2.45) is 23.7 Å². The number of hydrogen-bond acceptors (Lipinski definition) is 0. The van der Waals surface area contributed by atoms with E-state index in [4.69, 9.17) is 0 Å². The minimum atomic E-state index is -0.978. The summed E-state index contributed by atoms with van der Waals surface area (Å²) in [5.74, 6) is 3.68. The van der Waals surface area contributed by atoms with Gasteiger partial charge in [0.05, 0.1) is 0 Å². The zero-order chi connectivity index (χ0) is 19.6. The van der Waals surface area contributed by atoms with E-state index in [1.807, 2.05) is 0 Å². The van der Waals surface area contributed by atoms with Crippen LogP contribution in [0.3, 0.4) is 0 Å². The van der Waals surface area contributed by atoms with E-state index in [0.717, 1.165) is 43.2 Å². The molecule has 31 heavy (non-hydrogen) atoms. The first-order valence-corrected chi connectivity index (χ1v) is 20.3. The van der Waals surface area contributed by atoms with Crippen molar-refractivity contribution in [2.75, 3.05) is 0 Å². The molecule has 0 nitrogen and oxygen atoms in total. The Morgan fingerprint density at radius 1 is 0.613 bits per heavy atom. The van der Waals surface area contributed by atoms with Crippen LogP contribution in [0.15, 0.2) is 48.6 Å². The molecule has 4 fully saturated rings. The summed E-state index contributed by atoms with van der Waals surface area (Å²) in [5.41, 5.74) is 2.29. The van der Waals surface area contributed by atoms with Crippen LogP contribution in [0.4, 0.5) is 0 Å². The van der Waals surface area contributed by atoms with Crippen LogP contribution < -0.4 is 24.8 Å². The minimum absolute atomic E-state index is 0. The van der Waals surface area contributed by atoms with Gasteiger partial charge in [0.1, 0.15) is 0 Å². The second-order valence-corrected chi connectivity index (χ2v) is 24.7. The maximum absolute atomic E-state index is 2.81. The Bertz CT molecular complexity index is 718. The zero-order valence-corrected chi connectivity index (χ0v) is 24.2. The summed E-state index contributed by atoms with van der Waals surface area (Å²) >= 11 is 0.144. The van der Waals surface area contributed by atoms with Crippen LogP contribution in [0.25, 0.3) is 0 Å². The fourth-order valence-corrected chi connectivity index (χ4v) is 25.8. The van der Waals surface area contributed by atoms with Crippen LogP contribution in [0, 0.1) is 23.7 Å². The fourth-order valence-electron chi connectivity index (χ4n) is 8.65. The largest absolute Gasteiger partial charge is 1.00 e. The van der Waals surface area contributed by atoms with Crippen LogP contribution in [0.2, 0.25) is 56.8 Å². The molecule has 8 atom stereocenters. The van der Waals surface area contributed by atoms with Crippen molar-refractivity contribution in [2.45, 2.75) is 82.5 Å². The Morgan fingerprint density at radius 2 is 1.00 bits per heavy atom. The number of rotatable bonds is 4. The van der Waals surface area contributed by atoms with Gasteiger partial charge in [-0.1, -0.05) is 0 Å². The van der Waals surface area contributed by atoms with Crippen LogP contribution in [-0.2, 0) is 19.2 Å². The quantitative estimate of drug-likeness (QED) is 0.492. The second-order valence-electron chi connectivity index (χ2n) is 11.9. The monoisotopic (exact) mass is 524 g/mol. The predicted molar refractivity (Wildman–Crippen MR) is 126 cm³/mol. The maximum Gasteiger partial charge on any atom is -1.00 e. The van der Waals surface area contributed by atoms with E-state index in [1.54, 1.807) is 49.9 Å². The third-order valence-corrected chi connectivity index (χ3v) is 25.4. The summed E-state index contributed by atoms with van der Waals surface area (Å²) < 4.78 is 2.32. The summed E-state index contributed by atoms with van der Waals surface area (Å²) in [6, 6.07) is 6.60. The van der Waals surface area contributed by atoms with E-state index in [2.05, 4.69) is 61.7 Å². The number of halogens is 2. The molecule has 0 aromatic carbocycles. The molecule has 4 aliphatic carbocycles. The minimum Gasteiger partial charge on any atom is -1.00 e. The normalized spacial score (nSPS) is 44.7. The van der Waals surface area contributed by atoms with Gasteiger partial charge in [0.25, 0.3) is 0 Å². The topological polar surface area (TPSA) is 0 Å². The van der Waals surface area contributed by atoms with Crippen molar-refractivity contribution in [3.63, 3.8) is 0 Å². The van der Waals surface area contributed by atoms with Gasteiger partial charge in [0, 0.05) is 0 Å². The summed E-state index contributed by atoms with van der Waals surface area (Å²) in [6.45, 7) is 5.63. The van der Waals surface area contributed by atoms with E-state index >= 15 is 0 Å². The Balaban J connectivity index is 0.00000116. The molecule has 6 aliphatic rings. The molecule has 0 amide bonds. The van der Waals surface area contributed by atoms with Crippen LogP contribution in [0.5, 0.6) is 0 Å². The molecule has 168 valence electrons. The summed E-state index contributed by atoms with van der Waals surface area (Å²) in [4.78, 5) is 0. The third kappa shape index (κ3) is 4.08. The van der Waals surface area contributed by atoms with Crippen molar-refractivity contribution in [3.8, 4) is 0 Å². The molecule has 6 rings (SSSR count). The molecule has 0 aromatic heterocycles. The molecular formula is C26H38Cl2Si2Ti. The van der Waals surface area contributed by atoms with Gasteiger partial charge in [-0.05, 0) is 0 Å². The van der Waals surface area contributed by atoms with Gasteiger partial charge in [-0.15, -0.1) is 0 Å². The van der Waals surface area contributed by atoms with Gasteiger partial charge in [-0.25, -0.2) is 0 Å². The molecule has 0 aromatic rings. The van der Waals surface area contributed by atoms with Crippen molar-refractivity contribution in [1.29, 1.82) is 0 Å². The Morgan fingerprint density at radius 3 is 1.35 bits per heavy atom. The molecule has 2 heterocycles. The van der Waals surface area contributed by atoms with Crippen molar-refractivity contribution >= 4 is 16.1 Å². The molecule has 5 heteroatoms. The predicted octanol–water partition coefficient (Wildman–Crippen LogP) is 1.88. The molecule has 2 saturated heterocycles. The number of hydrogen-bond donors (Lipinski definition) is 0. The van der Waals surface area contributed by atoms with E-state index in [1.165, 1.54) is 0 Å². The third-order valence-electron chi connectivity index (χ3n) is 10.4. The van der Waals surface area contributed by atoms with Crippen LogP contribution >= 0.6 is 0 Å². The van der Waals surface area contributed by atoms with Gasteiger partial charge in [-0.2, -0.15) is 0 Å². The van der Waals surface area contributed by atoms with Crippen molar-refractivity contribution < 1.29 is 44.0 Å². The van der Waals surface area contributed by atoms with Crippen LogP contribution in [0.1, 0.15) is 25.7 Å². The van der Waals surface area contributed by atoms with Crippen molar-refractivity contribution in [1.82, 2.24) is 0 Å². The standard InChI is InChI=1S/2C13H19Si.2ClH.Ti/c2*1-14(9-4-10-14)13-8-7-11-5-2-3-6-12(11)13;;;/h2*2-3,5-6,8,11-13H,4,7,9-10H2,1H3;2*1H;/q;;;;+2/p-2. The summed E-state index contributed by atoms with van der Waals surface area (Å²) in [5, 5.41) is 0. The molecular weight excluding hydrogens is 487 g/mol. The molecule has 0 spiro atoms. The average Bonchev–Trinajstić information content (AvgIpc) is 3.22. The maximum atomic E-state index is 2.81. The molecule has 8 unspecified atom stereocenters. The molecule has 0 bridgehead atoms. The first-order chi connectivity index (χ1) is 14.1. The van der Waals surface area contributed by atoms with Crippen molar-refractivity contribution in [3.05, 3.63) is 48.6 Å². The van der Waals surface area contributed by atoms with E-state index < -0.39 is 16.1 Å². The molecule has 2 aliphatic heterocycles. The molecule has 0 radical (unpaired) electrons. The Kier molecular flexibility index (Phi) is 7.51. The first-order valence-electron chi connectivity index (χ1n) is 12.5. The van der Waals surface area contributed by atoms with Gasteiger partial charge >= 0.3 is 190 Å². The smallest absolute Gasteiger partial charge is 1.00 e. The summed E-state index contributed by atoms with van der Waals surface area (Å²) in [6.07, 6.45) is 26.3. The van der Waals surface area contributed by atoms with Crippen LogP contribution in [-0.4, -0.2) is 16.1 Å². The van der Waals surface area contributed by atoms with E-state index in [9.17, 15) is 0 Å². The number of fused-ring (bicyclic) bond motifs is 2. The number of allylic oxidation sites excluding steroid dienone is 8. The second kappa shape index (κ2) is 9.38. The van der Waals surface area contributed by atoms with E-state index in [-0.39, 0.29) is 44.0 Å². The fraction of sp³-hybridized carbons (Fsp3) is 0.692.